The molecule has 3 atom stereocenters. The molecule has 0 aliphatic carbocycles. The highest BCUT2D eigenvalue weighted by Crippen LogP contribution is 2.28. The first-order chi connectivity index (χ1) is 12.3. The van der Waals surface area contributed by atoms with E-state index in [0.29, 0.717) is 30.7 Å². The summed E-state index contributed by atoms with van der Waals surface area (Å²) in [6.07, 6.45) is 1.95. The highest BCUT2D eigenvalue weighted by molar-refractivity contribution is 7.92. The van der Waals surface area contributed by atoms with Crippen LogP contribution in [0.5, 0.6) is 0 Å². The van der Waals surface area contributed by atoms with Crippen LogP contribution in [0, 0.1) is 6.92 Å². The molecule has 0 aromatic heterocycles. The van der Waals surface area contributed by atoms with E-state index in [1.54, 1.807) is 18.2 Å². The third-order valence-corrected chi connectivity index (χ3v) is 7.44. The summed E-state index contributed by atoms with van der Waals surface area (Å²) in [7, 11) is -3.22. The van der Waals surface area contributed by atoms with Gasteiger partial charge in [0.2, 0.25) is 5.91 Å². The summed E-state index contributed by atoms with van der Waals surface area (Å²) < 4.78 is 24.5. The molecule has 7 nitrogen and oxygen atoms in total. The van der Waals surface area contributed by atoms with E-state index >= 15 is 0 Å². The second kappa shape index (κ2) is 7.44. The van der Waals surface area contributed by atoms with Crippen LogP contribution in [0.3, 0.4) is 0 Å². The number of carbonyl (C=O) groups excluding carboxylic acids is 2. The van der Waals surface area contributed by atoms with Crippen molar-refractivity contribution in [3.05, 3.63) is 28.8 Å². The van der Waals surface area contributed by atoms with E-state index in [1.807, 2.05) is 6.92 Å². The van der Waals surface area contributed by atoms with Gasteiger partial charge >= 0.3 is 6.03 Å². The Labute approximate surface area is 157 Å². The normalized spacial score (nSPS) is 26.1. The number of rotatable bonds is 6. The molecule has 1 aromatic carbocycles. The van der Waals surface area contributed by atoms with Gasteiger partial charge in [-0.1, -0.05) is 18.0 Å². The molecule has 3 amide bonds. The van der Waals surface area contributed by atoms with Crippen LogP contribution < -0.4 is 16.0 Å². The summed E-state index contributed by atoms with van der Waals surface area (Å²) >= 11 is 5.90. The molecule has 9 heteroatoms. The Hall–Kier alpha value is -1.80. The molecule has 2 saturated heterocycles. The van der Waals surface area contributed by atoms with Gasteiger partial charge in [-0.25, -0.2) is 13.2 Å². The molecule has 0 radical (unpaired) electrons. The monoisotopic (exact) mass is 399 g/mol. The van der Waals surface area contributed by atoms with Crippen molar-refractivity contribution in [2.24, 2.45) is 0 Å². The Morgan fingerprint density at radius 3 is 2.81 bits per heavy atom. The Kier molecular flexibility index (Phi) is 5.43. The number of urea groups is 1. The Morgan fingerprint density at radius 2 is 2.08 bits per heavy atom. The van der Waals surface area contributed by atoms with E-state index in [0.717, 1.165) is 11.3 Å². The molecule has 2 heterocycles. The molecule has 1 aromatic rings. The van der Waals surface area contributed by atoms with Gasteiger partial charge in [0.1, 0.15) is 0 Å². The highest BCUT2D eigenvalue weighted by atomic mass is 35.5. The first-order valence-corrected chi connectivity index (χ1v) is 10.7. The van der Waals surface area contributed by atoms with Gasteiger partial charge in [-0.05, 0) is 43.5 Å². The minimum Gasteiger partial charge on any atom is -0.332 e. The molecule has 0 saturated carbocycles. The SMILES string of the molecule is Cc1cc(Cl)ccc1NC(=O)CCCC[C@@H]1[C@@H]2NC(=O)N[C@H]2CS1(=O)=O. The first-order valence-electron chi connectivity index (χ1n) is 8.61. The molecule has 0 unspecified atom stereocenters. The summed E-state index contributed by atoms with van der Waals surface area (Å²) in [5, 5.41) is 8.22. The molecule has 142 valence electrons. The Balaban J connectivity index is 1.46. The van der Waals surface area contributed by atoms with Crippen LogP contribution in [0.2, 0.25) is 5.02 Å². The second-order valence-electron chi connectivity index (χ2n) is 6.87. The average Bonchev–Trinajstić information content (AvgIpc) is 2.99. The number of nitrogens with one attached hydrogen (secondary N) is 3. The molecular weight excluding hydrogens is 378 g/mol. The number of hydrogen-bond acceptors (Lipinski definition) is 4. The summed E-state index contributed by atoms with van der Waals surface area (Å²) in [4.78, 5) is 23.4. The van der Waals surface area contributed by atoms with Gasteiger partial charge in [0.15, 0.2) is 9.84 Å². The smallest absolute Gasteiger partial charge is 0.315 e. The molecule has 2 aliphatic rings. The van der Waals surface area contributed by atoms with E-state index < -0.39 is 15.1 Å². The van der Waals surface area contributed by atoms with Gasteiger partial charge in [-0.3, -0.25) is 4.79 Å². The molecule has 26 heavy (non-hydrogen) atoms. The van der Waals surface area contributed by atoms with Crippen molar-refractivity contribution in [3.8, 4) is 0 Å². The van der Waals surface area contributed by atoms with Crippen LogP contribution in [-0.2, 0) is 14.6 Å². The van der Waals surface area contributed by atoms with E-state index in [-0.39, 0.29) is 29.8 Å². The average molecular weight is 400 g/mol. The van der Waals surface area contributed by atoms with E-state index in [9.17, 15) is 18.0 Å². The third-order valence-electron chi connectivity index (χ3n) is 4.93. The molecule has 3 rings (SSSR count). The predicted octanol–water partition coefficient (Wildman–Crippen LogP) is 1.99. The van der Waals surface area contributed by atoms with Gasteiger partial charge in [0, 0.05) is 17.1 Å². The maximum atomic E-state index is 12.2. The topological polar surface area (TPSA) is 104 Å². The van der Waals surface area contributed by atoms with Crippen LogP contribution in [0.1, 0.15) is 31.2 Å². The fourth-order valence-corrected chi connectivity index (χ4v) is 6.11. The van der Waals surface area contributed by atoms with Crippen LogP contribution in [-0.4, -0.2) is 43.4 Å². The standard InChI is InChI=1S/C17H22ClN3O4S/c1-10-8-11(18)6-7-12(10)19-15(22)5-3-2-4-14-16-13(9-26(14,24)25)20-17(23)21-16/h6-8,13-14,16H,2-5,9H2,1H3,(H,19,22)(H2,20,21,23)/t13-,14+,16+/m0/s1. The minimum atomic E-state index is -3.22. The summed E-state index contributed by atoms with van der Waals surface area (Å²) in [5.74, 6) is -0.129. The Morgan fingerprint density at radius 1 is 1.31 bits per heavy atom. The largest absolute Gasteiger partial charge is 0.332 e. The lowest BCUT2D eigenvalue weighted by Gasteiger charge is -2.16. The van der Waals surface area contributed by atoms with Gasteiger partial charge in [-0.15, -0.1) is 0 Å². The number of anilines is 1. The Bertz CT molecular complexity index is 827. The molecule has 3 N–H and O–H groups in total. The molecule has 2 fully saturated rings. The lowest BCUT2D eigenvalue weighted by molar-refractivity contribution is -0.116. The quantitative estimate of drug-likeness (QED) is 0.502. The number of amides is 3. The summed E-state index contributed by atoms with van der Waals surface area (Å²) in [5.41, 5.74) is 1.61. The van der Waals surface area contributed by atoms with Crippen molar-refractivity contribution < 1.29 is 18.0 Å². The second-order valence-corrected chi connectivity index (χ2v) is 9.57. The van der Waals surface area contributed by atoms with Crippen molar-refractivity contribution in [2.45, 2.75) is 49.9 Å². The number of unbranched alkanes of at least 4 members (excludes halogenated alkanes) is 1. The fraction of sp³-hybridized carbons (Fsp3) is 0.529. The number of halogens is 1. The molecule has 0 bridgehead atoms. The van der Waals surface area contributed by atoms with Crippen molar-refractivity contribution in [1.82, 2.24) is 10.6 Å². The zero-order valence-electron chi connectivity index (χ0n) is 14.4. The van der Waals surface area contributed by atoms with Crippen molar-refractivity contribution >= 4 is 39.1 Å². The summed E-state index contributed by atoms with van der Waals surface area (Å²) in [6, 6.07) is 4.25. The van der Waals surface area contributed by atoms with Gasteiger partial charge in [0.05, 0.1) is 23.1 Å². The van der Waals surface area contributed by atoms with E-state index in [2.05, 4.69) is 16.0 Å². The van der Waals surface area contributed by atoms with Gasteiger partial charge in [-0.2, -0.15) is 0 Å². The van der Waals surface area contributed by atoms with Crippen LogP contribution >= 0.6 is 11.6 Å². The zero-order chi connectivity index (χ0) is 18.9. The lowest BCUT2D eigenvalue weighted by atomic mass is 10.0. The number of fused-ring (bicyclic) bond motifs is 1. The molecule has 2 aliphatic heterocycles. The minimum absolute atomic E-state index is 0.0165. The predicted molar refractivity (Wildman–Crippen MR) is 100 cm³/mol. The van der Waals surface area contributed by atoms with Gasteiger partial charge < -0.3 is 16.0 Å². The number of sulfone groups is 1. The maximum absolute atomic E-state index is 12.2. The zero-order valence-corrected chi connectivity index (χ0v) is 16.0. The maximum Gasteiger partial charge on any atom is 0.315 e. The van der Waals surface area contributed by atoms with Crippen molar-refractivity contribution in [2.75, 3.05) is 11.1 Å². The van der Waals surface area contributed by atoms with E-state index in [4.69, 9.17) is 11.6 Å². The summed E-state index contributed by atoms with van der Waals surface area (Å²) in [6.45, 7) is 1.87. The highest BCUT2D eigenvalue weighted by Gasteiger charge is 2.51. The van der Waals surface area contributed by atoms with Crippen molar-refractivity contribution in [1.29, 1.82) is 0 Å². The van der Waals surface area contributed by atoms with Crippen LogP contribution in [0.25, 0.3) is 0 Å². The number of aryl methyl sites for hydroxylation is 1. The number of hydrogen-bond donors (Lipinski definition) is 3. The van der Waals surface area contributed by atoms with Crippen molar-refractivity contribution in [3.63, 3.8) is 0 Å². The van der Waals surface area contributed by atoms with Crippen LogP contribution in [0.4, 0.5) is 10.5 Å². The van der Waals surface area contributed by atoms with Crippen LogP contribution in [0.15, 0.2) is 18.2 Å². The molecule has 0 spiro atoms. The lowest BCUT2D eigenvalue weighted by Crippen LogP contribution is -2.39. The number of benzene rings is 1. The first kappa shape index (κ1) is 19.0. The van der Waals surface area contributed by atoms with E-state index in [1.165, 1.54) is 0 Å². The fourth-order valence-electron chi connectivity index (χ4n) is 3.62. The van der Waals surface area contributed by atoms with Gasteiger partial charge in [0.25, 0.3) is 0 Å². The third kappa shape index (κ3) is 4.12. The molecular formula is C17H22ClN3O4S. The number of carbonyl (C=O) groups is 2.